The second-order valence-electron chi connectivity index (χ2n) is 3.13. The molecule has 4 heteroatoms. The van der Waals surface area contributed by atoms with Crippen molar-refractivity contribution in [2.24, 2.45) is 0 Å². The molecule has 0 fully saturated rings. The van der Waals surface area contributed by atoms with E-state index in [4.69, 9.17) is 0 Å². The van der Waals surface area contributed by atoms with Crippen LogP contribution in [0, 0.1) is 0 Å². The number of aromatic nitrogens is 1. The Hall–Kier alpha value is -0.350. The summed E-state index contributed by atoms with van der Waals surface area (Å²) in [6.45, 7) is 1.10. The van der Waals surface area contributed by atoms with Gasteiger partial charge in [-0.05, 0) is 0 Å². The SMILES string of the molecule is C1=[NH+]CC2c3scnc3SC2C1. The average Bonchev–Trinajstić information content (AvgIpc) is 2.62. The van der Waals surface area contributed by atoms with Crippen molar-refractivity contribution in [2.45, 2.75) is 22.6 Å². The van der Waals surface area contributed by atoms with Crippen LogP contribution in [0.3, 0.4) is 0 Å². The monoisotopic (exact) mass is 197 g/mol. The summed E-state index contributed by atoms with van der Waals surface area (Å²) >= 11 is 3.77. The Kier molecular flexibility index (Phi) is 1.52. The van der Waals surface area contributed by atoms with E-state index in [9.17, 15) is 0 Å². The smallest absolute Gasteiger partial charge is 0.149 e. The third-order valence-electron chi connectivity index (χ3n) is 2.44. The Bertz CT molecular complexity index is 332. The maximum absolute atomic E-state index is 4.36. The molecule has 0 aliphatic carbocycles. The Balaban J connectivity index is 2.04. The first-order valence-electron chi connectivity index (χ1n) is 4.10. The molecule has 2 aliphatic rings. The fourth-order valence-corrected chi connectivity index (χ4v) is 4.37. The number of nitrogens with zero attached hydrogens (tertiary/aromatic N) is 1. The molecule has 3 heterocycles. The van der Waals surface area contributed by atoms with E-state index >= 15 is 0 Å². The molecular formula is C8H9N2S2+. The van der Waals surface area contributed by atoms with Crippen molar-refractivity contribution in [2.75, 3.05) is 6.54 Å². The van der Waals surface area contributed by atoms with Gasteiger partial charge in [0.1, 0.15) is 17.8 Å². The summed E-state index contributed by atoms with van der Waals surface area (Å²) in [5.41, 5.74) is 1.96. The number of fused-ring (bicyclic) bond motifs is 3. The van der Waals surface area contributed by atoms with Gasteiger partial charge in [0.15, 0.2) is 0 Å². The minimum Gasteiger partial charge on any atom is -0.251 e. The molecule has 12 heavy (non-hydrogen) atoms. The Morgan fingerprint density at radius 2 is 2.58 bits per heavy atom. The van der Waals surface area contributed by atoms with Crippen molar-refractivity contribution in [1.29, 1.82) is 0 Å². The summed E-state index contributed by atoms with van der Waals surface area (Å²) in [4.78, 5) is 9.19. The summed E-state index contributed by atoms with van der Waals surface area (Å²) in [5.74, 6) is 0.725. The van der Waals surface area contributed by atoms with Gasteiger partial charge >= 0.3 is 0 Å². The lowest BCUT2D eigenvalue weighted by Gasteiger charge is -2.14. The van der Waals surface area contributed by atoms with Crippen molar-refractivity contribution in [1.82, 2.24) is 4.98 Å². The lowest BCUT2D eigenvalue weighted by Crippen LogP contribution is -2.73. The van der Waals surface area contributed by atoms with Crippen LogP contribution in [0.25, 0.3) is 0 Å². The van der Waals surface area contributed by atoms with Gasteiger partial charge in [0.2, 0.25) is 0 Å². The molecule has 1 aromatic heterocycles. The minimum atomic E-state index is 0.725. The second-order valence-corrected chi connectivity index (χ2v) is 5.25. The van der Waals surface area contributed by atoms with Crippen LogP contribution in [-0.2, 0) is 0 Å². The Morgan fingerprint density at radius 3 is 3.58 bits per heavy atom. The van der Waals surface area contributed by atoms with Gasteiger partial charge in [0.05, 0.1) is 11.4 Å². The zero-order chi connectivity index (χ0) is 7.97. The fraction of sp³-hybridized carbons (Fsp3) is 0.500. The van der Waals surface area contributed by atoms with E-state index in [1.807, 2.05) is 28.6 Å². The van der Waals surface area contributed by atoms with Gasteiger partial charge in [-0.25, -0.2) is 4.98 Å². The van der Waals surface area contributed by atoms with E-state index in [0.717, 1.165) is 17.7 Å². The molecule has 2 nitrogen and oxygen atoms in total. The molecule has 1 aromatic rings. The largest absolute Gasteiger partial charge is 0.251 e. The van der Waals surface area contributed by atoms with Gasteiger partial charge in [-0.2, -0.15) is 0 Å². The van der Waals surface area contributed by atoms with Crippen molar-refractivity contribution >= 4 is 29.3 Å². The fourth-order valence-electron chi connectivity index (χ4n) is 1.82. The summed E-state index contributed by atoms with van der Waals surface area (Å²) in [6, 6.07) is 0. The molecule has 2 atom stereocenters. The normalized spacial score (nSPS) is 31.7. The van der Waals surface area contributed by atoms with Gasteiger partial charge < -0.3 is 0 Å². The number of thioether (sulfide) groups is 1. The Morgan fingerprint density at radius 1 is 1.58 bits per heavy atom. The van der Waals surface area contributed by atoms with E-state index in [-0.39, 0.29) is 0 Å². The van der Waals surface area contributed by atoms with Crippen LogP contribution in [0.15, 0.2) is 10.5 Å². The third-order valence-corrected chi connectivity index (χ3v) is 4.90. The first-order valence-corrected chi connectivity index (χ1v) is 5.86. The lowest BCUT2D eigenvalue weighted by molar-refractivity contribution is -0.461. The predicted octanol–water partition coefficient (Wildman–Crippen LogP) is 0.256. The van der Waals surface area contributed by atoms with Crippen molar-refractivity contribution in [3.05, 3.63) is 10.4 Å². The molecule has 62 valence electrons. The minimum absolute atomic E-state index is 0.725. The first kappa shape index (κ1) is 7.09. The molecule has 1 N–H and O–H groups in total. The summed E-state index contributed by atoms with van der Waals surface area (Å²) in [7, 11) is 0. The number of rotatable bonds is 0. The van der Waals surface area contributed by atoms with E-state index in [1.54, 1.807) is 0 Å². The van der Waals surface area contributed by atoms with Crippen LogP contribution >= 0.6 is 23.1 Å². The number of thiazole rings is 1. The van der Waals surface area contributed by atoms with Gasteiger partial charge in [-0.15, -0.1) is 23.1 Å². The molecule has 0 saturated carbocycles. The van der Waals surface area contributed by atoms with Gasteiger partial charge in [-0.1, -0.05) is 0 Å². The molecule has 0 aromatic carbocycles. The van der Waals surface area contributed by atoms with Crippen LogP contribution in [0.2, 0.25) is 0 Å². The number of nitrogens with one attached hydrogen (secondary N) is 1. The highest BCUT2D eigenvalue weighted by molar-refractivity contribution is 8.00. The van der Waals surface area contributed by atoms with Gasteiger partial charge in [0.25, 0.3) is 0 Å². The van der Waals surface area contributed by atoms with Crippen molar-refractivity contribution < 1.29 is 4.99 Å². The standard InChI is InChI=1S/C8H8N2S2/c1-2-9-3-5-6(1)12-8-7(5)11-4-10-8/h2,4-6H,1,3H2/p+1. The zero-order valence-electron chi connectivity index (χ0n) is 6.49. The summed E-state index contributed by atoms with van der Waals surface area (Å²) < 4.78 is 0. The molecule has 0 amide bonds. The highest BCUT2D eigenvalue weighted by atomic mass is 32.2. The molecule has 0 saturated heterocycles. The summed E-state index contributed by atoms with van der Waals surface area (Å²) in [6.07, 6.45) is 3.36. The predicted molar refractivity (Wildman–Crippen MR) is 51.0 cm³/mol. The van der Waals surface area contributed by atoms with Crippen LogP contribution < -0.4 is 4.99 Å². The van der Waals surface area contributed by atoms with Crippen molar-refractivity contribution in [3.63, 3.8) is 0 Å². The maximum Gasteiger partial charge on any atom is 0.149 e. The molecule has 0 radical (unpaired) electrons. The lowest BCUT2D eigenvalue weighted by atomic mass is 10.0. The zero-order valence-corrected chi connectivity index (χ0v) is 8.12. The average molecular weight is 197 g/mol. The molecule has 2 unspecified atom stereocenters. The van der Waals surface area contributed by atoms with E-state index < -0.39 is 0 Å². The quantitative estimate of drug-likeness (QED) is 0.646. The van der Waals surface area contributed by atoms with Crippen molar-refractivity contribution in [3.8, 4) is 0 Å². The van der Waals surface area contributed by atoms with Crippen LogP contribution in [0.5, 0.6) is 0 Å². The molecule has 2 aliphatic heterocycles. The Labute approximate surface area is 79.1 Å². The molecule has 3 rings (SSSR count). The van der Waals surface area contributed by atoms with Crippen LogP contribution in [0.4, 0.5) is 0 Å². The first-order chi connectivity index (χ1) is 5.95. The molecule has 0 bridgehead atoms. The number of hydrogen-bond donors (Lipinski definition) is 1. The summed E-state index contributed by atoms with van der Waals surface area (Å²) in [5, 5.41) is 2.05. The maximum atomic E-state index is 4.36. The highest BCUT2D eigenvalue weighted by Crippen LogP contribution is 2.47. The van der Waals surface area contributed by atoms with E-state index in [1.165, 1.54) is 16.3 Å². The van der Waals surface area contributed by atoms with Gasteiger partial charge in [-0.3, -0.25) is 4.99 Å². The molecule has 0 spiro atoms. The third kappa shape index (κ3) is 0.880. The highest BCUT2D eigenvalue weighted by Gasteiger charge is 2.38. The number of hydrogen-bond acceptors (Lipinski definition) is 3. The van der Waals surface area contributed by atoms with Crippen LogP contribution in [0.1, 0.15) is 17.2 Å². The topological polar surface area (TPSA) is 26.9 Å². The van der Waals surface area contributed by atoms with Gasteiger partial charge in [0, 0.05) is 16.5 Å². The molecular weight excluding hydrogens is 188 g/mol. The van der Waals surface area contributed by atoms with E-state index in [0.29, 0.717) is 0 Å². The van der Waals surface area contributed by atoms with Crippen LogP contribution in [-0.4, -0.2) is 23.0 Å². The second kappa shape index (κ2) is 2.57. The van der Waals surface area contributed by atoms with E-state index in [2.05, 4.69) is 16.2 Å².